The van der Waals surface area contributed by atoms with Gasteiger partial charge in [0.05, 0.1) is 43.1 Å². The van der Waals surface area contributed by atoms with E-state index in [1.807, 2.05) is 9.80 Å². The Morgan fingerprint density at radius 1 is 1.26 bits per heavy atom. The third-order valence-corrected chi connectivity index (χ3v) is 5.25. The molecule has 0 bridgehead atoms. The number of aromatic nitrogens is 3. The maximum Gasteiger partial charge on any atom is 0.255 e. The summed E-state index contributed by atoms with van der Waals surface area (Å²) in [5, 5.41) is 9.12. The van der Waals surface area contributed by atoms with Crippen LogP contribution in [0.2, 0.25) is 0 Å². The number of carbonyl (C=O) groups is 1. The first-order chi connectivity index (χ1) is 15.1. The van der Waals surface area contributed by atoms with E-state index in [9.17, 15) is 9.59 Å². The summed E-state index contributed by atoms with van der Waals surface area (Å²) in [5.74, 6) is 0.429. The lowest BCUT2D eigenvalue weighted by Crippen LogP contribution is -2.35. The molecule has 2 aliphatic heterocycles. The Morgan fingerprint density at radius 2 is 2.03 bits per heavy atom. The minimum atomic E-state index is -0.119. The van der Waals surface area contributed by atoms with Crippen molar-refractivity contribution in [3.63, 3.8) is 0 Å². The number of H-pyrrole nitrogens is 1. The van der Waals surface area contributed by atoms with Crippen LogP contribution >= 0.6 is 0 Å². The Kier molecular flexibility index (Phi) is 7.56. The molecule has 31 heavy (non-hydrogen) atoms. The Labute approximate surface area is 180 Å². The SMILES string of the molecule is COCC(=O)N1CCCC1.COc1ncc(N2CCc3nc[nH]c(=O)c3C2)cc1C#N. The lowest BCUT2D eigenvalue weighted by Gasteiger charge is -2.29. The maximum absolute atomic E-state index is 11.9. The molecule has 1 N–H and O–H groups in total. The van der Waals surface area contributed by atoms with Gasteiger partial charge in [0.1, 0.15) is 18.2 Å². The number of hydrogen-bond acceptors (Lipinski definition) is 8. The van der Waals surface area contributed by atoms with Crippen molar-refractivity contribution in [3.05, 3.63) is 45.8 Å². The van der Waals surface area contributed by atoms with Crippen molar-refractivity contribution in [2.45, 2.75) is 25.8 Å². The number of aromatic amines is 1. The van der Waals surface area contributed by atoms with Crippen LogP contribution in [0.15, 0.2) is 23.4 Å². The molecular formula is C21H26N6O4. The highest BCUT2D eigenvalue weighted by Gasteiger charge is 2.21. The van der Waals surface area contributed by atoms with Crippen LogP contribution in [0.3, 0.4) is 0 Å². The van der Waals surface area contributed by atoms with E-state index < -0.39 is 0 Å². The Hall–Kier alpha value is -3.45. The van der Waals surface area contributed by atoms with E-state index in [4.69, 9.17) is 14.7 Å². The van der Waals surface area contributed by atoms with Crippen molar-refractivity contribution < 1.29 is 14.3 Å². The number of hydrogen-bond donors (Lipinski definition) is 1. The fraction of sp³-hybridized carbons (Fsp3) is 0.476. The largest absolute Gasteiger partial charge is 0.480 e. The molecule has 1 fully saturated rings. The summed E-state index contributed by atoms with van der Waals surface area (Å²) >= 11 is 0. The zero-order valence-corrected chi connectivity index (χ0v) is 17.8. The second-order valence-electron chi connectivity index (χ2n) is 7.21. The molecule has 0 spiro atoms. The van der Waals surface area contributed by atoms with Crippen LogP contribution in [0.25, 0.3) is 0 Å². The van der Waals surface area contributed by atoms with Crippen molar-refractivity contribution >= 4 is 11.6 Å². The molecule has 0 aliphatic carbocycles. The van der Waals surface area contributed by atoms with Crippen molar-refractivity contribution in [3.8, 4) is 11.9 Å². The topological polar surface area (TPSA) is 124 Å². The van der Waals surface area contributed by atoms with E-state index in [1.54, 1.807) is 19.4 Å². The number of nitrogens with zero attached hydrogens (tertiary/aromatic N) is 5. The summed E-state index contributed by atoms with van der Waals surface area (Å²) in [4.78, 5) is 37.7. The van der Waals surface area contributed by atoms with Gasteiger partial charge in [0, 0.05) is 33.2 Å². The first kappa shape index (κ1) is 22.2. The van der Waals surface area contributed by atoms with Gasteiger partial charge in [-0.05, 0) is 18.9 Å². The van der Waals surface area contributed by atoms with E-state index in [0.29, 0.717) is 30.0 Å². The van der Waals surface area contributed by atoms with Gasteiger partial charge < -0.3 is 24.3 Å². The number of likely N-dealkylation sites (tertiary alicyclic amines) is 1. The van der Waals surface area contributed by atoms with Gasteiger partial charge in [0.25, 0.3) is 5.56 Å². The zero-order chi connectivity index (χ0) is 22.2. The van der Waals surface area contributed by atoms with Crippen LogP contribution in [0.4, 0.5) is 5.69 Å². The van der Waals surface area contributed by atoms with Crippen LogP contribution in [0, 0.1) is 11.3 Å². The van der Waals surface area contributed by atoms with Crippen LogP contribution in [-0.2, 0) is 22.5 Å². The predicted octanol–water partition coefficient (Wildman–Crippen LogP) is 0.863. The third-order valence-electron chi connectivity index (χ3n) is 5.25. The van der Waals surface area contributed by atoms with Gasteiger partial charge in [-0.2, -0.15) is 5.26 Å². The van der Waals surface area contributed by atoms with E-state index in [0.717, 1.165) is 43.9 Å². The highest BCUT2D eigenvalue weighted by molar-refractivity contribution is 5.77. The van der Waals surface area contributed by atoms with E-state index in [2.05, 4.69) is 21.0 Å². The number of pyridine rings is 1. The van der Waals surface area contributed by atoms with E-state index in [-0.39, 0.29) is 18.1 Å². The highest BCUT2D eigenvalue weighted by Crippen LogP contribution is 2.25. The van der Waals surface area contributed by atoms with Gasteiger partial charge in [-0.1, -0.05) is 0 Å². The number of amides is 1. The van der Waals surface area contributed by atoms with Crippen LogP contribution in [0.1, 0.15) is 29.7 Å². The average molecular weight is 426 g/mol. The summed E-state index contributed by atoms with van der Waals surface area (Å²) in [6.07, 6.45) is 6.06. The van der Waals surface area contributed by atoms with Crippen LogP contribution < -0.4 is 15.2 Å². The highest BCUT2D eigenvalue weighted by atomic mass is 16.5. The molecule has 4 heterocycles. The van der Waals surface area contributed by atoms with Crippen molar-refractivity contribution in [2.24, 2.45) is 0 Å². The van der Waals surface area contributed by atoms with Crippen molar-refractivity contribution in [1.82, 2.24) is 19.9 Å². The van der Waals surface area contributed by atoms with Crippen molar-refractivity contribution in [2.75, 3.05) is 45.4 Å². The summed E-state index contributed by atoms with van der Waals surface area (Å²) in [5.41, 5.74) is 2.55. The number of carbonyl (C=O) groups excluding carboxylic acids is 1. The number of anilines is 1. The number of ether oxygens (including phenoxy) is 2. The Balaban J connectivity index is 0.000000229. The van der Waals surface area contributed by atoms with Crippen molar-refractivity contribution in [1.29, 1.82) is 5.26 Å². The summed E-state index contributed by atoms with van der Waals surface area (Å²) in [6, 6.07) is 3.79. The molecule has 0 unspecified atom stereocenters. The normalized spacial score (nSPS) is 14.9. The lowest BCUT2D eigenvalue weighted by molar-refractivity contribution is -0.134. The second-order valence-corrected chi connectivity index (χ2v) is 7.21. The zero-order valence-electron chi connectivity index (χ0n) is 17.8. The molecular weight excluding hydrogens is 400 g/mol. The molecule has 4 rings (SSSR count). The lowest BCUT2D eigenvalue weighted by atomic mass is 10.1. The Morgan fingerprint density at radius 3 is 2.71 bits per heavy atom. The molecule has 10 nitrogen and oxygen atoms in total. The number of fused-ring (bicyclic) bond motifs is 1. The fourth-order valence-electron chi connectivity index (χ4n) is 3.61. The van der Waals surface area contributed by atoms with E-state index in [1.165, 1.54) is 13.4 Å². The standard InChI is InChI=1S/C14H13N5O2.C7H13NO2/c1-21-14-9(5-15)4-10(6-16-14)19-3-2-12-11(7-19)13(20)18-8-17-12;1-10-6-7(9)8-4-2-3-5-8/h4,6,8H,2-3,7H2,1H3,(H,17,18,20);2-6H2,1H3. The number of nitrogens with one attached hydrogen (secondary N) is 1. The summed E-state index contributed by atoms with van der Waals surface area (Å²) < 4.78 is 9.76. The molecule has 0 atom stereocenters. The second kappa shape index (κ2) is 10.5. The van der Waals surface area contributed by atoms with Gasteiger partial charge in [0.15, 0.2) is 0 Å². The van der Waals surface area contributed by atoms with E-state index >= 15 is 0 Å². The molecule has 0 radical (unpaired) electrons. The number of rotatable bonds is 4. The molecule has 0 aromatic carbocycles. The molecule has 1 saturated heterocycles. The molecule has 10 heteroatoms. The molecule has 164 valence electrons. The van der Waals surface area contributed by atoms with Gasteiger partial charge in [-0.25, -0.2) is 9.97 Å². The monoisotopic (exact) mass is 426 g/mol. The number of nitriles is 1. The number of methoxy groups -OCH3 is 2. The minimum Gasteiger partial charge on any atom is -0.480 e. The molecule has 2 aromatic rings. The molecule has 2 aliphatic rings. The van der Waals surface area contributed by atoms with Crippen LogP contribution in [-0.4, -0.2) is 66.2 Å². The van der Waals surface area contributed by atoms with Gasteiger partial charge in [0.2, 0.25) is 11.8 Å². The van der Waals surface area contributed by atoms with Gasteiger partial charge >= 0.3 is 0 Å². The molecule has 2 aromatic heterocycles. The quantitative estimate of drug-likeness (QED) is 0.763. The summed E-state index contributed by atoms with van der Waals surface area (Å²) in [7, 11) is 3.03. The molecule has 0 saturated carbocycles. The van der Waals surface area contributed by atoms with Gasteiger partial charge in [-0.3, -0.25) is 9.59 Å². The average Bonchev–Trinajstić information content (AvgIpc) is 3.34. The third kappa shape index (κ3) is 5.38. The summed E-state index contributed by atoms with van der Waals surface area (Å²) in [6.45, 7) is 3.25. The first-order valence-corrected chi connectivity index (χ1v) is 10.1. The smallest absolute Gasteiger partial charge is 0.255 e. The maximum atomic E-state index is 11.9. The Bertz CT molecular complexity index is 1010. The first-order valence-electron chi connectivity index (χ1n) is 10.1. The van der Waals surface area contributed by atoms with Crippen LogP contribution in [0.5, 0.6) is 5.88 Å². The minimum absolute atomic E-state index is 0.119. The fourth-order valence-corrected chi connectivity index (χ4v) is 3.61. The van der Waals surface area contributed by atoms with Gasteiger partial charge in [-0.15, -0.1) is 0 Å². The molecule has 1 amide bonds. The predicted molar refractivity (Wildman–Crippen MR) is 113 cm³/mol.